The molecule has 0 amide bonds. The fraction of sp³-hybridized carbons (Fsp3) is 0.0400. The number of benzene rings is 1. The van der Waals surface area contributed by atoms with Gasteiger partial charge in [-0.2, -0.15) is 5.10 Å². The van der Waals surface area contributed by atoms with Gasteiger partial charge in [-0.05, 0) is 72.1 Å². The zero-order valence-electron chi connectivity index (χ0n) is 17.0. The maximum atomic E-state index is 13.5. The van der Waals surface area contributed by atoms with Crippen LogP contribution in [0.25, 0.3) is 39.0 Å². The lowest BCUT2D eigenvalue weighted by Crippen LogP contribution is -2.02. The minimum atomic E-state index is -1.02. The van der Waals surface area contributed by atoms with E-state index in [1.165, 1.54) is 18.3 Å². The van der Waals surface area contributed by atoms with Crippen molar-refractivity contribution in [1.82, 2.24) is 19.6 Å². The van der Waals surface area contributed by atoms with E-state index in [9.17, 15) is 14.3 Å². The third kappa shape index (κ3) is 3.30. The molecule has 5 aromatic rings. The Morgan fingerprint density at radius 2 is 1.69 bits per heavy atom. The minimum Gasteiger partial charge on any atom is -0.478 e. The number of carboxylic acids is 1. The SMILES string of the molecule is Cc1c(C(=O)O)cncc1-c1ccn2nc(-c3ccc(F)cc3)c(-c3ccncc3)c2c1. The highest BCUT2D eigenvalue weighted by Gasteiger charge is 2.18. The summed E-state index contributed by atoms with van der Waals surface area (Å²) in [5.41, 5.74) is 6.48. The summed E-state index contributed by atoms with van der Waals surface area (Å²) in [6.07, 6.45) is 8.27. The second-order valence-electron chi connectivity index (χ2n) is 7.38. The van der Waals surface area contributed by atoms with Gasteiger partial charge in [-0.1, -0.05) is 0 Å². The molecule has 0 aliphatic carbocycles. The third-order valence-electron chi connectivity index (χ3n) is 5.48. The molecule has 0 aliphatic rings. The number of carbonyl (C=O) groups is 1. The van der Waals surface area contributed by atoms with Crippen LogP contribution in [0, 0.1) is 12.7 Å². The van der Waals surface area contributed by atoms with E-state index in [-0.39, 0.29) is 11.4 Å². The molecule has 0 saturated carbocycles. The number of nitrogens with zero attached hydrogens (tertiary/aromatic N) is 4. The third-order valence-corrected chi connectivity index (χ3v) is 5.48. The fourth-order valence-corrected chi connectivity index (χ4v) is 3.86. The van der Waals surface area contributed by atoms with Crippen molar-refractivity contribution in [2.75, 3.05) is 0 Å². The first-order chi connectivity index (χ1) is 15.5. The number of halogens is 1. The van der Waals surface area contributed by atoms with Crippen molar-refractivity contribution in [3.05, 3.63) is 96.5 Å². The van der Waals surface area contributed by atoms with Crippen LogP contribution in [0.1, 0.15) is 15.9 Å². The lowest BCUT2D eigenvalue weighted by atomic mass is 9.97. The van der Waals surface area contributed by atoms with E-state index in [1.807, 2.05) is 30.5 Å². The molecule has 0 spiro atoms. The van der Waals surface area contributed by atoms with Gasteiger partial charge in [-0.25, -0.2) is 13.7 Å². The Kier molecular flexibility index (Phi) is 4.71. The summed E-state index contributed by atoms with van der Waals surface area (Å²) in [6, 6.07) is 13.9. The molecule has 5 rings (SSSR count). The molecule has 0 fully saturated rings. The second-order valence-corrected chi connectivity index (χ2v) is 7.38. The first-order valence-corrected chi connectivity index (χ1v) is 9.90. The lowest BCUT2D eigenvalue weighted by Gasteiger charge is -2.09. The predicted octanol–water partition coefficient (Wildman–Crippen LogP) is 5.27. The first kappa shape index (κ1) is 19.6. The molecule has 0 atom stereocenters. The molecule has 156 valence electrons. The van der Waals surface area contributed by atoms with Crippen molar-refractivity contribution >= 4 is 11.5 Å². The Labute approximate surface area is 182 Å². The van der Waals surface area contributed by atoms with Crippen molar-refractivity contribution in [3.8, 4) is 33.5 Å². The number of pyridine rings is 3. The van der Waals surface area contributed by atoms with Crippen LogP contribution in [0.15, 0.2) is 79.5 Å². The van der Waals surface area contributed by atoms with Crippen molar-refractivity contribution in [2.45, 2.75) is 6.92 Å². The zero-order valence-corrected chi connectivity index (χ0v) is 17.0. The molecule has 1 aromatic carbocycles. The average Bonchev–Trinajstić information content (AvgIpc) is 3.19. The topological polar surface area (TPSA) is 80.4 Å². The number of carboxylic acid groups (broad SMARTS) is 1. The van der Waals surface area contributed by atoms with Gasteiger partial charge in [0.25, 0.3) is 0 Å². The zero-order chi connectivity index (χ0) is 22.2. The van der Waals surface area contributed by atoms with E-state index in [0.717, 1.165) is 33.3 Å². The Bertz CT molecular complexity index is 1460. The van der Waals surface area contributed by atoms with Crippen molar-refractivity contribution in [2.24, 2.45) is 0 Å². The van der Waals surface area contributed by atoms with Crippen LogP contribution in [0.2, 0.25) is 0 Å². The Balaban J connectivity index is 1.77. The van der Waals surface area contributed by atoms with Gasteiger partial charge in [0.05, 0.1) is 11.1 Å². The van der Waals surface area contributed by atoms with Gasteiger partial charge < -0.3 is 5.11 Å². The largest absolute Gasteiger partial charge is 0.478 e. The summed E-state index contributed by atoms with van der Waals surface area (Å²) in [5.74, 6) is -1.33. The molecule has 7 heteroatoms. The molecule has 0 bridgehead atoms. The fourth-order valence-electron chi connectivity index (χ4n) is 3.86. The van der Waals surface area contributed by atoms with Crippen LogP contribution in [-0.2, 0) is 0 Å². The second kappa shape index (κ2) is 7.70. The lowest BCUT2D eigenvalue weighted by molar-refractivity contribution is 0.0695. The highest BCUT2D eigenvalue weighted by atomic mass is 19.1. The van der Waals surface area contributed by atoms with E-state index in [0.29, 0.717) is 11.3 Å². The van der Waals surface area contributed by atoms with E-state index >= 15 is 0 Å². The van der Waals surface area contributed by atoms with Gasteiger partial charge in [0.1, 0.15) is 11.5 Å². The Hall–Kier alpha value is -4.39. The molecule has 0 saturated heterocycles. The number of hydrogen-bond donors (Lipinski definition) is 1. The summed E-state index contributed by atoms with van der Waals surface area (Å²) in [6.45, 7) is 1.77. The molecule has 32 heavy (non-hydrogen) atoms. The normalized spacial score (nSPS) is 11.1. The molecule has 6 nitrogen and oxygen atoms in total. The molecule has 1 N–H and O–H groups in total. The monoisotopic (exact) mass is 424 g/mol. The van der Waals surface area contributed by atoms with Gasteiger partial charge in [0, 0.05) is 47.7 Å². The van der Waals surface area contributed by atoms with Crippen LogP contribution in [-0.4, -0.2) is 30.7 Å². The van der Waals surface area contributed by atoms with Gasteiger partial charge >= 0.3 is 5.97 Å². The quantitative estimate of drug-likeness (QED) is 0.425. The Morgan fingerprint density at radius 3 is 2.41 bits per heavy atom. The van der Waals surface area contributed by atoms with Crippen LogP contribution < -0.4 is 0 Å². The number of fused-ring (bicyclic) bond motifs is 1. The summed E-state index contributed by atoms with van der Waals surface area (Å²) < 4.78 is 15.3. The average molecular weight is 424 g/mol. The predicted molar refractivity (Wildman–Crippen MR) is 119 cm³/mol. The summed E-state index contributed by atoms with van der Waals surface area (Å²) in [5, 5.41) is 14.2. The molecular formula is C25H17FN4O2. The van der Waals surface area contributed by atoms with Crippen molar-refractivity contribution in [3.63, 3.8) is 0 Å². The van der Waals surface area contributed by atoms with Crippen molar-refractivity contribution < 1.29 is 14.3 Å². The van der Waals surface area contributed by atoms with Crippen LogP contribution in [0.5, 0.6) is 0 Å². The highest BCUT2D eigenvalue weighted by molar-refractivity contribution is 5.95. The maximum absolute atomic E-state index is 13.5. The molecule has 4 heterocycles. The van der Waals surface area contributed by atoms with E-state index in [2.05, 4.69) is 9.97 Å². The summed E-state index contributed by atoms with van der Waals surface area (Å²) in [7, 11) is 0. The van der Waals surface area contributed by atoms with E-state index in [1.54, 1.807) is 42.2 Å². The van der Waals surface area contributed by atoms with Crippen LogP contribution >= 0.6 is 0 Å². The molecule has 0 radical (unpaired) electrons. The van der Waals surface area contributed by atoms with Crippen LogP contribution in [0.4, 0.5) is 4.39 Å². The number of aromatic nitrogens is 4. The number of hydrogen-bond acceptors (Lipinski definition) is 4. The first-order valence-electron chi connectivity index (χ1n) is 9.90. The van der Waals surface area contributed by atoms with E-state index < -0.39 is 5.97 Å². The standard InChI is InChI=1S/C25H17FN4O2/c1-15-20(13-28-14-21(15)25(31)32)18-8-11-30-22(12-18)23(16-6-9-27-10-7-16)24(29-30)17-2-4-19(26)5-3-17/h2-14H,1H3,(H,31,32). The maximum Gasteiger partial charge on any atom is 0.337 e. The van der Waals surface area contributed by atoms with E-state index in [4.69, 9.17) is 5.10 Å². The molecule has 4 aromatic heterocycles. The summed E-state index contributed by atoms with van der Waals surface area (Å²) >= 11 is 0. The molecular weight excluding hydrogens is 407 g/mol. The highest BCUT2D eigenvalue weighted by Crippen LogP contribution is 2.37. The molecule has 0 aliphatic heterocycles. The van der Waals surface area contributed by atoms with Gasteiger partial charge in [0.15, 0.2) is 0 Å². The number of aromatic carboxylic acids is 1. The van der Waals surface area contributed by atoms with Gasteiger partial charge in [0.2, 0.25) is 0 Å². The van der Waals surface area contributed by atoms with Gasteiger partial charge in [-0.3, -0.25) is 9.97 Å². The van der Waals surface area contributed by atoms with Gasteiger partial charge in [-0.15, -0.1) is 0 Å². The Morgan fingerprint density at radius 1 is 0.938 bits per heavy atom. The summed E-state index contributed by atoms with van der Waals surface area (Å²) in [4.78, 5) is 19.8. The van der Waals surface area contributed by atoms with Crippen molar-refractivity contribution in [1.29, 1.82) is 0 Å². The molecule has 0 unspecified atom stereocenters. The minimum absolute atomic E-state index is 0.164. The van der Waals surface area contributed by atoms with Crippen LogP contribution in [0.3, 0.4) is 0 Å². The smallest absolute Gasteiger partial charge is 0.337 e. The number of rotatable bonds is 4.